The Morgan fingerprint density at radius 3 is 2.12 bits per heavy atom. The van der Waals surface area contributed by atoms with Crippen molar-refractivity contribution in [2.75, 3.05) is 7.11 Å². The van der Waals surface area contributed by atoms with Gasteiger partial charge in [-0.05, 0) is 55.5 Å². The van der Waals surface area contributed by atoms with E-state index in [-0.39, 0.29) is 36.3 Å². The molecule has 12 heteroatoms. The second kappa shape index (κ2) is 10.7. The number of para-hydroxylation sites is 1. The Labute approximate surface area is 235 Å². The summed E-state index contributed by atoms with van der Waals surface area (Å²) in [5.74, 6) is -1.05. The van der Waals surface area contributed by atoms with Gasteiger partial charge < -0.3 is 9.64 Å². The molecule has 3 aliphatic rings. The number of rotatable bonds is 3. The summed E-state index contributed by atoms with van der Waals surface area (Å²) in [6.45, 7) is 4.23. The van der Waals surface area contributed by atoms with Crippen LogP contribution in [0.15, 0.2) is 35.1 Å². The minimum Gasteiger partial charge on any atom is -0.496 e. The number of imidazole rings is 1. The number of fused-ring (bicyclic) bond motifs is 2. The minimum absolute atomic E-state index is 0.212. The predicted molar refractivity (Wildman–Crippen MR) is 147 cm³/mol. The first-order valence-electron chi connectivity index (χ1n) is 13.3. The van der Waals surface area contributed by atoms with E-state index in [0.29, 0.717) is 30.7 Å². The number of hydrogen-bond acceptors (Lipinski definition) is 7. The van der Waals surface area contributed by atoms with Gasteiger partial charge in [0.2, 0.25) is 23.6 Å². The average Bonchev–Trinajstić information content (AvgIpc) is 3.38. The number of nitrogens with one attached hydrogen (secondary N) is 2. The highest BCUT2D eigenvalue weighted by Gasteiger charge is 2.40. The van der Waals surface area contributed by atoms with E-state index in [2.05, 4.69) is 10.6 Å². The van der Waals surface area contributed by atoms with E-state index in [9.17, 15) is 28.8 Å². The first-order valence-corrected chi connectivity index (χ1v) is 13.3. The third-order valence-electron chi connectivity index (χ3n) is 7.78. The number of aromatic nitrogens is 2. The number of hydrogen-bond donors (Lipinski definition) is 2. The van der Waals surface area contributed by atoms with Gasteiger partial charge in [0.25, 0.3) is 5.91 Å². The van der Waals surface area contributed by atoms with E-state index in [1.807, 2.05) is 44.2 Å². The van der Waals surface area contributed by atoms with E-state index in [1.165, 1.54) is 16.6 Å². The van der Waals surface area contributed by atoms with Gasteiger partial charge in [-0.2, -0.15) is 0 Å². The summed E-state index contributed by atoms with van der Waals surface area (Å²) in [4.78, 5) is 72.9. The molecule has 0 aliphatic carbocycles. The van der Waals surface area contributed by atoms with Crippen LogP contribution in [-0.4, -0.2) is 56.7 Å². The van der Waals surface area contributed by atoms with E-state index in [4.69, 9.17) is 4.74 Å². The first kappa shape index (κ1) is 27.8. The molecule has 2 unspecified atom stereocenters. The zero-order valence-electron chi connectivity index (χ0n) is 23.3. The molecule has 0 bridgehead atoms. The van der Waals surface area contributed by atoms with E-state index >= 15 is 0 Å². The Kier molecular flexibility index (Phi) is 7.24. The number of carbonyl (C=O) groups excluding carboxylic acids is 5. The lowest BCUT2D eigenvalue weighted by molar-refractivity contribution is -0.138. The summed E-state index contributed by atoms with van der Waals surface area (Å²) >= 11 is 0. The van der Waals surface area contributed by atoms with Crippen molar-refractivity contribution in [3.63, 3.8) is 0 Å². The molecule has 0 saturated carbocycles. The summed E-state index contributed by atoms with van der Waals surface area (Å²) < 4.78 is 8.33. The van der Waals surface area contributed by atoms with Crippen molar-refractivity contribution >= 4 is 40.6 Å². The number of nitrogens with zero attached hydrogens (tertiary/aromatic N) is 3. The van der Waals surface area contributed by atoms with Crippen LogP contribution >= 0.6 is 0 Å². The second-order valence-corrected chi connectivity index (χ2v) is 10.5. The molecule has 2 atom stereocenters. The van der Waals surface area contributed by atoms with Gasteiger partial charge in [-0.1, -0.05) is 18.2 Å². The minimum atomic E-state index is -0.620. The van der Waals surface area contributed by atoms with Crippen LogP contribution in [0, 0.1) is 13.8 Å². The van der Waals surface area contributed by atoms with E-state index in [1.54, 1.807) is 11.6 Å². The molecule has 2 saturated heterocycles. The van der Waals surface area contributed by atoms with Crippen LogP contribution < -0.4 is 21.1 Å². The summed E-state index contributed by atoms with van der Waals surface area (Å²) in [7, 11) is 3.22. The van der Waals surface area contributed by atoms with Crippen molar-refractivity contribution in [1.82, 2.24) is 24.7 Å². The normalized spacial score (nSPS) is 20.4. The van der Waals surface area contributed by atoms with Gasteiger partial charge in [-0.15, -0.1) is 0 Å². The second-order valence-electron chi connectivity index (χ2n) is 10.5. The average molecular weight is 562 g/mol. The highest BCUT2D eigenvalue weighted by Crippen LogP contribution is 2.34. The summed E-state index contributed by atoms with van der Waals surface area (Å²) in [5.41, 5.74) is 4.68. The number of piperidine rings is 2. The van der Waals surface area contributed by atoms with Crippen molar-refractivity contribution < 1.29 is 28.7 Å². The molecule has 214 valence electrons. The van der Waals surface area contributed by atoms with Crippen LogP contribution in [0.4, 0.5) is 0 Å². The molecule has 0 spiro atoms. The third-order valence-corrected chi connectivity index (χ3v) is 7.78. The van der Waals surface area contributed by atoms with E-state index in [0.717, 1.165) is 27.7 Å². The monoisotopic (exact) mass is 561 g/mol. The van der Waals surface area contributed by atoms with Gasteiger partial charge in [0, 0.05) is 26.4 Å². The van der Waals surface area contributed by atoms with Gasteiger partial charge >= 0.3 is 5.69 Å². The summed E-state index contributed by atoms with van der Waals surface area (Å²) in [6, 6.07) is 8.15. The molecule has 5 amide bonds. The fraction of sp³-hybridized carbons (Fsp3) is 0.379. The van der Waals surface area contributed by atoms with Gasteiger partial charge in [0.05, 0.1) is 23.7 Å². The largest absolute Gasteiger partial charge is 0.496 e. The number of aryl methyl sites for hydroxylation is 3. The quantitative estimate of drug-likeness (QED) is 0.459. The Morgan fingerprint density at radius 1 is 0.878 bits per heavy atom. The maximum absolute atomic E-state index is 12.6. The van der Waals surface area contributed by atoms with Gasteiger partial charge in [-0.3, -0.25) is 43.7 Å². The van der Waals surface area contributed by atoms with Gasteiger partial charge in [0.15, 0.2) is 0 Å². The molecule has 2 aromatic carbocycles. The van der Waals surface area contributed by atoms with Crippen LogP contribution in [0.2, 0.25) is 0 Å². The number of methoxy groups -OCH3 is 1. The number of amides is 5. The van der Waals surface area contributed by atoms with Gasteiger partial charge in [0.1, 0.15) is 17.8 Å². The van der Waals surface area contributed by atoms with Crippen molar-refractivity contribution in [2.45, 2.75) is 58.2 Å². The van der Waals surface area contributed by atoms with Crippen molar-refractivity contribution in [3.8, 4) is 5.75 Å². The van der Waals surface area contributed by atoms with Gasteiger partial charge in [-0.25, -0.2) is 4.79 Å². The molecule has 3 aromatic rings. The van der Waals surface area contributed by atoms with Crippen molar-refractivity contribution in [1.29, 1.82) is 0 Å². The number of ether oxygens (including phenoxy) is 1. The SMILES string of the molecule is COc1cc(C)cc2c1C(=O)N(C1CCC(=O)NC1=O)C2.Cc1cccc2c1n(C)c(=O)n2C1CCC(=O)NC1=O. The van der Waals surface area contributed by atoms with Crippen LogP contribution in [0.25, 0.3) is 11.0 Å². The molecule has 12 nitrogen and oxygen atoms in total. The molecular weight excluding hydrogens is 530 g/mol. The standard InChI is InChI=1S/C15H16N2O4.C14H15N3O3/c1-8-5-9-7-17(10-3-4-12(18)16-14(10)19)15(20)13(9)11(6-8)21-2;1-8-4-3-5-9-12(8)16(2)14(20)17(9)10-6-7-11(18)15-13(10)19/h5-6,10H,3-4,7H2,1-2H3,(H,16,18,19);3-5,10H,6-7H2,1-2H3,(H,15,18,19). The van der Waals surface area contributed by atoms with Crippen LogP contribution in [-0.2, 0) is 32.8 Å². The maximum atomic E-state index is 12.6. The maximum Gasteiger partial charge on any atom is 0.329 e. The first-order chi connectivity index (χ1) is 19.5. The molecule has 1 aromatic heterocycles. The molecule has 2 N–H and O–H groups in total. The van der Waals surface area contributed by atoms with Crippen LogP contribution in [0.1, 0.15) is 58.8 Å². The zero-order valence-corrected chi connectivity index (χ0v) is 23.3. The molecule has 4 heterocycles. The Hall–Kier alpha value is -4.74. The Morgan fingerprint density at radius 2 is 1.51 bits per heavy atom. The van der Waals surface area contributed by atoms with Crippen LogP contribution in [0.5, 0.6) is 5.75 Å². The number of benzene rings is 2. The molecule has 3 aliphatic heterocycles. The molecule has 6 rings (SSSR count). The molecule has 0 radical (unpaired) electrons. The number of imide groups is 2. The predicted octanol–water partition coefficient (Wildman–Crippen LogP) is 1.39. The summed E-state index contributed by atoms with van der Waals surface area (Å²) in [6.07, 6.45) is 1.24. The lowest BCUT2D eigenvalue weighted by Gasteiger charge is -2.29. The van der Waals surface area contributed by atoms with E-state index < -0.39 is 23.9 Å². The number of carbonyl (C=O) groups is 5. The lowest BCUT2D eigenvalue weighted by Crippen LogP contribution is -2.52. The lowest BCUT2D eigenvalue weighted by atomic mass is 10.0. The smallest absolute Gasteiger partial charge is 0.329 e. The zero-order chi connectivity index (χ0) is 29.6. The highest BCUT2D eigenvalue weighted by atomic mass is 16.5. The fourth-order valence-electron chi connectivity index (χ4n) is 5.85. The third kappa shape index (κ3) is 4.90. The summed E-state index contributed by atoms with van der Waals surface area (Å²) in [5, 5.41) is 4.59. The van der Waals surface area contributed by atoms with Crippen LogP contribution in [0.3, 0.4) is 0 Å². The molecule has 2 fully saturated rings. The van der Waals surface area contributed by atoms with Crippen molar-refractivity contribution in [2.24, 2.45) is 7.05 Å². The Bertz CT molecular complexity index is 1680. The highest BCUT2D eigenvalue weighted by molar-refractivity contribution is 6.06. The fourth-order valence-corrected chi connectivity index (χ4v) is 5.85. The Balaban J connectivity index is 0.000000165. The van der Waals surface area contributed by atoms with Crippen molar-refractivity contribution in [3.05, 3.63) is 63.1 Å². The molecular formula is C29H31N5O7. The molecule has 41 heavy (non-hydrogen) atoms. The topological polar surface area (TPSA) is 149 Å².